The molecule has 3 N–H and O–H groups in total. The van der Waals surface area contributed by atoms with Gasteiger partial charge in [-0.1, -0.05) is 24.3 Å². The highest BCUT2D eigenvalue weighted by molar-refractivity contribution is 5.76. The number of halogens is 2. The Balaban J connectivity index is 0.000000198. The summed E-state index contributed by atoms with van der Waals surface area (Å²) in [7, 11) is 1.93. The predicted octanol–water partition coefficient (Wildman–Crippen LogP) is 5.97. The highest BCUT2D eigenvalue weighted by atomic mass is 19.1. The maximum absolute atomic E-state index is 13.5. The molecule has 2 aliphatic heterocycles. The van der Waals surface area contributed by atoms with Crippen LogP contribution in [-0.2, 0) is 11.3 Å². The molecule has 2 atom stereocenters. The number of benzene rings is 3. The first-order valence-electron chi connectivity index (χ1n) is 12.0. The summed E-state index contributed by atoms with van der Waals surface area (Å²) in [6, 6.07) is 16.7. The molecule has 0 saturated heterocycles. The number of carbonyl (C=O) groups is 1. The van der Waals surface area contributed by atoms with Gasteiger partial charge in [0.15, 0.2) is 0 Å². The number of hydrogen-bond donors (Lipinski definition) is 2. The van der Waals surface area contributed by atoms with Crippen molar-refractivity contribution < 1.29 is 18.3 Å². The molecule has 37 heavy (non-hydrogen) atoms. The molecule has 0 aliphatic carbocycles. The summed E-state index contributed by atoms with van der Waals surface area (Å²) >= 11 is 0. The topological polar surface area (TPSA) is 77.2 Å². The van der Waals surface area contributed by atoms with Gasteiger partial charge in [-0.25, -0.2) is 13.8 Å². The summed E-state index contributed by atoms with van der Waals surface area (Å²) < 4.78 is 33.1. The summed E-state index contributed by atoms with van der Waals surface area (Å²) in [5.74, 6) is -0.593. The van der Waals surface area contributed by atoms with Gasteiger partial charge in [-0.05, 0) is 95.7 Å². The molecular weight excluding hydrogens is 472 g/mol. The number of pyridine rings is 1. The third kappa shape index (κ3) is 4.63. The van der Waals surface area contributed by atoms with Crippen molar-refractivity contribution in [1.82, 2.24) is 10.3 Å². The van der Waals surface area contributed by atoms with Crippen LogP contribution in [0.2, 0.25) is 0 Å². The van der Waals surface area contributed by atoms with Gasteiger partial charge in [0.1, 0.15) is 35.9 Å². The second-order valence-corrected chi connectivity index (χ2v) is 9.36. The number of fused-ring (bicyclic) bond motifs is 8. The molecule has 3 heterocycles. The van der Waals surface area contributed by atoms with Crippen LogP contribution in [0.25, 0.3) is 11.1 Å². The number of aldehydes is 1. The van der Waals surface area contributed by atoms with E-state index in [0.717, 1.165) is 52.4 Å². The van der Waals surface area contributed by atoms with E-state index in [2.05, 4.69) is 17.2 Å². The van der Waals surface area contributed by atoms with Gasteiger partial charge in [0, 0.05) is 23.9 Å². The van der Waals surface area contributed by atoms with Crippen molar-refractivity contribution in [3.8, 4) is 11.1 Å². The van der Waals surface area contributed by atoms with E-state index in [0.29, 0.717) is 16.9 Å². The average Bonchev–Trinajstić information content (AvgIpc) is 3.43. The Bertz CT molecular complexity index is 1480. The maximum atomic E-state index is 13.5. The molecule has 6 rings (SSSR count). The molecule has 0 amide bonds. The number of carbonyl (C=O) groups excluding carboxylic acids is 1. The van der Waals surface area contributed by atoms with Crippen LogP contribution in [0.15, 0.2) is 60.7 Å². The fourth-order valence-corrected chi connectivity index (χ4v) is 5.17. The zero-order valence-corrected chi connectivity index (χ0v) is 20.8. The SMILES string of the molecule is CNCc1c(C)cc(N)nc1C.O=Cc1ccc2c(c1)C1OC2c2cc(-c3cc(F)cc(F)c3)ccc21. The summed E-state index contributed by atoms with van der Waals surface area (Å²) in [5, 5.41) is 3.10. The molecular formula is C30H27F2N3O2. The number of nitrogen functional groups attached to an aromatic ring is 1. The maximum Gasteiger partial charge on any atom is 0.150 e. The Morgan fingerprint density at radius 2 is 1.54 bits per heavy atom. The normalized spacial score (nSPS) is 16.6. The minimum Gasteiger partial charge on any atom is -0.384 e. The summed E-state index contributed by atoms with van der Waals surface area (Å²) in [4.78, 5) is 15.2. The zero-order valence-electron chi connectivity index (χ0n) is 20.8. The summed E-state index contributed by atoms with van der Waals surface area (Å²) in [5.41, 5.74) is 15.1. The molecule has 4 aromatic rings. The molecule has 0 spiro atoms. The second-order valence-electron chi connectivity index (χ2n) is 9.36. The van der Waals surface area contributed by atoms with Crippen molar-refractivity contribution >= 4 is 12.1 Å². The third-order valence-electron chi connectivity index (χ3n) is 6.86. The quantitative estimate of drug-likeness (QED) is 0.339. The number of nitrogens with two attached hydrogens (primary N) is 1. The molecule has 2 bridgehead atoms. The number of aromatic nitrogens is 1. The zero-order chi connectivity index (χ0) is 26.3. The van der Waals surface area contributed by atoms with Crippen molar-refractivity contribution in [3.05, 3.63) is 117 Å². The van der Waals surface area contributed by atoms with Crippen LogP contribution in [0.4, 0.5) is 14.6 Å². The lowest BCUT2D eigenvalue weighted by molar-refractivity contribution is 0.0857. The predicted molar refractivity (Wildman–Crippen MR) is 139 cm³/mol. The molecule has 5 nitrogen and oxygen atoms in total. The van der Waals surface area contributed by atoms with Gasteiger partial charge in [-0.2, -0.15) is 0 Å². The first-order chi connectivity index (χ1) is 17.8. The van der Waals surface area contributed by atoms with Gasteiger partial charge in [-0.3, -0.25) is 4.79 Å². The lowest BCUT2D eigenvalue weighted by atomic mass is 9.84. The Hall–Kier alpha value is -3.94. The minimum absolute atomic E-state index is 0.187. The van der Waals surface area contributed by atoms with E-state index < -0.39 is 11.6 Å². The number of anilines is 1. The fraction of sp³-hybridized carbons (Fsp3) is 0.200. The molecule has 0 fully saturated rings. The van der Waals surface area contributed by atoms with Crippen molar-refractivity contribution in [2.24, 2.45) is 0 Å². The van der Waals surface area contributed by atoms with Crippen LogP contribution in [0, 0.1) is 25.5 Å². The number of hydrogen-bond acceptors (Lipinski definition) is 5. The van der Waals surface area contributed by atoms with Crippen LogP contribution in [0.5, 0.6) is 0 Å². The molecule has 0 radical (unpaired) electrons. The van der Waals surface area contributed by atoms with E-state index >= 15 is 0 Å². The summed E-state index contributed by atoms with van der Waals surface area (Å²) in [6.07, 6.45) is 0.441. The molecule has 2 unspecified atom stereocenters. The van der Waals surface area contributed by atoms with Gasteiger partial charge in [0.05, 0.1) is 0 Å². The largest absolute Gasteiger partial charge is 0.384 e. The molecule has 2 aliphatic rings. The highest BCUT2D eigenvalue weighted by Gasteiger charge is 2.42. The van der Waals surface area contributed by atoms with Crippen LogP contribution >= 0.6 is 0 Å². The van der Waals surface area contributed by atoms with Crippen LogP contribution in [0.1, 0.15) is 61.6 Å². The number of aryl methyl sites for hydroxylation is 2. The standard InChI is InChI=1S/C21H12F2O2.C9H15N3/c22-14-6-13(7-15(23)9-14)12-2-4-17-19(8-12)21-16-3-1-11(10-24)5-18(16)20(17)25-21;1-6-4-9(10)12-7(2)8(6)5-11-3/h1-10,20-21H;4,11H,5H2,1-3H3,(H2,10,12). The Morgan fingerprint density at radius 1 is 0.892 bits per heavy atom. The first kappa shape index (κ1) is 24.7. The molecule has 3 aromatic carbocycles. The van der Waals surface area contributed by atoms with Crippen molar-refractivity contribution in [2.45, 2.75) is 32.6 Å². The van der Waals surface area contributed by atoms with E-state index in [1.54, 1.807) is 6.07 Å². The Morgan fingerprint density at radius 3 is 2.16 bits per heavy atom. The molecule has 0 saturated carbocycles. The van der Waals surface area contributed by atoms with E-state index in [9.17, 15) is 13.6 Å². The molecule has 7 heteroatoms. The highest BCUT2D eigenvalue weighted by Crippen LogP contribution is 2.54. The van der Waals surface area contributed by atoms with E-state index in [4.69, 9.17) is 10.5 Å². The number of nitrogens with one attached hydrogen (secondary N) is 1. The Kier molecular flexibility index (Phi) is 6.58. The Labute approximate surface area is 214 Å². The second kappa shape index (κ2) is 9.84. The minimum atomic E-state index is -0.597. The van der Waals surface area contributed by atoms with Gasteiger partial charge < -0.3 is 15.8 Å². The van der Waals surface area contributed by atoms with Crippen LogP contribution in [-0.4, -0.2) is 18.3 Å². The summed E-state index contributed by atoms with van der Waals surface area (Å²) in [6.45, 7) is 4.89. The molecule has 188 valence electrons. The van der Waals surface area contributed by atoms with E-state index in [1.165, 1.54) is 23.3 Å². The van der Waals surface area contributed by atoms with E-state index in [-0.39, 0.29) is 12.2 Å². The fourth-order valence-electron chi connectivity index (χ4n) is 5.17. The van der Waals surface area contributed by atoms with Gasteiger partial charge in [0.2, 0.25) is 0 Å². The lowest BCUT2D eigenvalue weighted by Crippen LogP contribution is -2.10. The van der Waals surface area contributed by atoms with Crippen LogP contribution in [0.3, 0.4) is 0 Å². The van der Waals surface area contributed by atoms with Crippen molar-refractivity contribution in [1.29, 1.82) is 0 Å². The number of rotatable bonds is 4. The smallest absolute Gasteiger partial charge is 0.150 e. The third-order valence-corrected chi connectivity index (χ3v) is 6.86. The van der Waals surface area contributed by atoms with Crippen molar-refractivity contribution in [2.75, 3.05) is 12.8 Å². The van der Waals surface area contributed by atoms with Gasteiger partial charge in [0.25, 0.3) is 0 Å². The number of nitrogens with zero attached hydrogens (tertiary/aromatic N) is 1. The molecule has 1 aromatic heterocycles. The van der Waals surface area contributed by atoms with E-state index in [1.807, 2.05) is 50.4 Å². The first-order valence-corrected chi connectivity index (χ1v) is 12.0. The van der Waals surface area contributed by atoms with Gasteiger partial charge in [-0.15, -0.1) is 0 Å². The van der Waals surface area contributed by atoms with Crippen molar-refractivity contribution in [3.63, 3.8) is 0 Å². The number of ether oxygens (including phenoxy) is 1. The lowest BCUT2D eigenvalue weighted by Gasteiger charge is -2.17. The monoisotopic (exact) mass is 499 g/mol. The van der Waals surface area contributed by atoms with Crippen LogP contribution < -0.4 is 11.1 Å². The average molecular weight is 500 g/mol. The van der Waals surface area contributed by atoms with Gasteiger partial charge >= 0.3 is 0 Å².